The number of rotatable bonds is 0. The van der Waals surface area contributed by atoms with Gasteiger partial charge in [0.25, 0.3) is 0 Å². The van der Waals surface area contributed by atoms with Gasteiger partial charge in [0, 0.05) is 24.2 Å². The lowest BCUT2D eigenvalue weighted by Crippen LogP contribution is -3.00. The Labute approximate surface area is 97.2 Å². The van der Waals surface area contributed by atoms with Crippen molar-refractivity contribution < 1.29 is 17.0 Å². The molecular weight excluding hydrogens is 208 g/mol. The maximum atomic E-state index is 5.82. The molecule has 0 fully saturated rings. The van der Waals surface area contributed by atoms with E-state index < -0.39 is 0 Å². The number of anilines is 1. The molecule has 0 saturated carbocycles. The Morgan fingerprint density at radius 1 is 1.27 bits per heavy atom. The minimum absolute atomic E-state index is 0. The van der Waals surface area contributed by atoms with Gasteiger partial charge in [-0.2, -0.15) is 0 Å². The zero-order chi connectivity index (χ0) is 10.5. The minimum Gasteiger partial charge on any atom is -1.00 e. The number of fused-ring (bicyclic) bond motifs is 1. The van der Waals surface area contributed by atoms with Gasteiger partial charge in [-0.15, -0.1) is 0 Å². The van der Waals surface area contributed by atoms with Gasteiger partial charge >= 0.3 is 0 Å². The molecule has 0 spiro atoms. The first-order chi connectivity index (χ1) is 6.44. The molecule has 0 unspecified atom stereocenters. The van der Waals surface area contributed by atoms with E-state index in [0.29, 0.717) is 0 Å². The van der Waals surface area contributed by atoms with Crippen molar-refractivity contribution in [3.8, 4) is 0 Å². The molecular formula is C12H17ClN2. The second-order valence-electron chi connectivity index (χ2n) is 4.55. The third-order valence-electron chi connectivity index (χ3n) is 3.46. The van der Waals surface area contributed by atoms with Crippen LogP contribution in [-0.2, 0) is 5.41 Å². The molecule has 1 heterocycles. The Morgan fingerprint density at radius 3 is 2.47 bits per heavy atom. The molecule has 0 aliphatic carbocycles. The van der Waals surface area contributed by atoms with Crippen molar-refractivity contribution in [2.45, 2.75) is 26.2 Å². The lowest BCUT2D eigenvalue weighted by Gasteiger charge is -2.14. The molecule has 3 heteroatoms. The molecule has 1 aromatic rings. The highest BCUT2D eigenvalue weighted by Crippen LogP contribution is 2.39. The Bertz CT molecular complexity index is 433. The van der Waals surface area contributed by atoms with E-state index in [2.05, 4.69) is 44.5 Å². The number of benzene rings is 1. The molecule has 2 rings (SSSR count). The molecule has 0 radical (unpaired) electrons. The van der Waals surface area contributed by atoms with E-state index in [1.165, 1.54) is 17.0 Å². The van der Waals surface area contributed by atoms with E-state index in [1.54, 1.807) is 0 Å². The molecule has 1 aromatic carbocycles. The van der Waals surface area contributed by atoms with Crippen molar-refractivity contribution in [1.29, 1.82) is 0 Å². The van der Waals surface area contributed by atoms with Crippen LogP contribution >= 0.6 is 0 Å². The molecule has 0 atom stereocenters. The molecule has 0 bridgehead atoms. The van der Waals surface area contributed by atoms with Gasteiger partial charge in [0.1, 0.15) is 7.05 Å². The van der Waals surface area contributed by atoms with Gasteiger partial charge in [-0.3, -0.25) is 0 Å². The van der Waals surface area contributed by atoms with Crippen LogP contribution in [0, 0.1) is 0 Å². The monoisotopic (exact) mass is 224 g/mol. The number of hydrogen-bond donors (Lipinski definition) is 1. The molecule has 0 amide bonds. The van der Waals surface area contributed by atoms with Gasteiger partial charge in [-0.1, -0.05) is 0 Å². The maximum absolute atomic E-state index is 5.82. The van der Waals surface area contributed by atoms with Crippen LogP contribution < -0.4 is 18.1 Å². The second-order valence-corrected chi connectivity index (χ2v) is 4.55. The zero-order valence-corrected chi connectivity index (χ0v) is 10.4. The molecule has 0 saturated heterocycles. The molecule has 2 N–H and O–H groups in total. The Balaban J connectivity index is 0.00000112. The summed E-state index contributed by atoms with van der Waals surface area (Å²) < 4.78 is 2.24. The predicted octanol–water partition coefficient (Wildman–Crippen LogP) is -0.701. The first kappa shape index (κ1) is 12.1. The summed E-state index contributed by atoms with van der Waals surface area (Å²) in [6, 6.07) is 6.15. The second kappa shape index (κ2) is 3.53. The highest BCUT2D eigenvalue weighted by molar-refractivity contribution is 5.93. The number of nitrogen functional groups attached to an aromatic ring is 1. The Hall–Kier alpha value is -1.02. The molecule has 1 aliphatic rings. The fourth-order valence-electron chi connectivity index (χ4n) is 2.14. The summed E-state index contributed by atoms with van der Waals surface area (Å²) in [6.07, 6.45) is 0. The Kier molecular flexibility index (Phi) is 2.83. The van der Waals surface area contributed by atoms with Crippen LogP contribution in [0.15, 0.2) is 18.2 Å². The van der Waals surface area contributed by atoms with Crippen LogP contribution in [0.3, 0.4) is 0 Å². The van der Waals surface area contributed by atoms with Crippen LogP contribution in [0.25, 0.3) is 0 Å². The van der Waals surface area contributed by atoms with Gasteiger partial charge in [0.15, 0.2) is 5.71 Å². The lowest BCUT2D eigenvalue weighted by atomic mass is 9.82. The van der Waals surface area contributed by atoms with E-state index in [1.807, 2.05) is 6.07 Å². The summed E-state index contributed by atoms with van der Waals surface area (Å²) in [5.74, 6) is 0. The number of hydrogen-bond acceptors (Lipinski definition) is 1. The maximum Gasteiger partial charge on any atom is 0.209 e. The van der Waals surface area contributed by atoms with Crippen molar-refractivity contribution >= 4 is 17.1 Å². The standard InChI is InChI=1S/C12H17N2.ClH/c1-8-12(2,3)10-7-9(13)5-6-11(10)14(8)4;/h5-7H,13H2,1-4H3;1H/q+1;/p-1. The summed E-state index contributed by atoms with van der Waals surface area (Å²) in [7, 11) is 2.11. The van der Waals surface area contributed by atoms with Gasteiger partial charge in [0.2, 0.25) is 5.69 Å². The predicted molar refractivity (Wildman–Crippen MR) is 60.4 cm³/mol. The van der Waals surface area contributed by atoms with Gasteiger partial charge in [-0.25, -0.2) is 4.58 Å². The van der Waals surface area contributed by atoms with E-state index in [-0.39, 0.29) is 17.8 Å². The van der Waals surface area contributed by atoms with E-state index in [9.17, 15) is 0 Å². The topological polar surface area (TPSA) is 29.0 Å². The average molecular weight is 225 g/mol. The Morgan fingerprint density at radius 2 is 1.87 bits per heavy atom. The molecule has 2 nitrogen and oxygen atoms in total. The fourth-order valence-corrected chi connectivity index (χ4v) is 2.14. The zero-order valence-electron chi connectivity index (χ0n) is 9.63. The largest absolute Gasteiger partial charge is 1.00 e. The lowest BCUT2D eigenvalue weighted by molar-refractivity contribution is -0.403. The van der Waals surface area contributed by atoms with Crippen molar-refractivity contribution in [1.82, 2.24) is 0 Å². The van der Waals surface area contributed by atoms with Crippen molar-refractivity contribution in [2.75, 3.05) is 12.8 Å². The van der Waals surface area contributed by atoms with Gasteiger partial charge < -0.3 is 18.1 Å². The van der Waals surface area contributed by atoms with E-state index >= 15 is 0 Å². The summed E-state index contributed by atoms with van der Waals surface area (Å²) in [4.78, 5) is 0. The highest BCUT2D eigenvalue weighted by atomic mass is 35.5. The molecule has 0 aromatic heterocycles. The van der Waals surface area contributed by atoms with Crippen LogP contribution in [0.1, 0.15) is 26.3 Å². The summed E-state index contributed by atoms with van der Waals surface area (Å²) in [6.45, 7) is 6.66. The van der Waals surface area contributed by atoms with Crippen molar-refractivity contribution in [2.24, 2.45) is 0 Å². The van der Waals surface area contributed by atoms with Crippen LogP contribution in [0.4, 0.5) is 11.4 Å². The van der Waals surface area contributed by atoms with Crippen LogP contribution in [-0.4, -0.2) is 17.3 Å². The summed E-state index contributed by atoms with van der Waals surface area (Å²) in [5.41, 5.74) is 10.8. The van der Waals surface area contributed by atoms with Crippen molar-refractivity contribution in [3.63, 3.8) is 0 Å². The van der Waals surface area contributed by atoms with E-state index in [4.69, 9.17) is 5.73 Å². The quantitative estimate of drug-likeness (QED) is 0.458. The SMILES string of the molecule is CC1=[N+](C)c2ccc(N)cc2C1(C)C.[Cl-]. The first-order valence-electron chi connectivity index (χ1n) is 4.92. The third-order valence-corrected chi connectivity index (χ3v) is 3.46. The summed E-state index contributed by atoms with van der Waals surface area (Å²) >= 11 is 0. The van der Waals surface area contributed by atoms with Crippen molar-refractivity contribution in [3.05, 3.63) is 23.8 Å². The normalized spacial score (nSPS) is 17.3. The molecule has 82 valence electrons. The van der Waals surface area contributed by atoms with Crippen LogP contribution in [0.5, 0.6) is 0 Å². The third kappa shape index (κ3) is 1.53. The van der Waals surface area contributed by atoms with Crippen LogP contribution in [0.2, 0.25) is 0 Å². The first-order valence-corrected chi connectivity index (χ1v) is 4.92. The van der Waals surface area contributed by atoms with Gasteiger partial charge in [-0.05, 0) is 26.0 Å². The molecule has 15 heavy (non-hydrogen) atoms. The van der Waals surface area contributed by atoms with E-state index in [0.717, 1.165) is 5.69 Å². The highest BCUT2D eigenvalue weighted by Gasteiger charge is 2.41. The summed E-state index contributed by atoms with van der Waals surface area (Å²) in [5, 5.41) is 0. The fraction of sp³-hybridized carbons (Fsp3) is 0.417. The van der Waals surface area contributed by atoms with Gasteiger partial charge in [0.05, 0.1) is 5.41 Å². The minimum atomic E-state index is 0. The number of nitrogens with two attached hydrogens (primary N) is 1. The molecule has 1 aliphatic heterocycles. The number of nitrogens with zero attached hydrogens (tertiary/aromatic N) is 1. The average Bonchev–Trinajstić information content (AvgIpc) is 2.29. The smallest absolute Gasteiger partial charge is 0.209 e. The number of halogens is 1.